The molecule has 0 bridgehead atoms. The second-order valence-electron chi connectivity index (χ2n) is 3.92. The van der Waals surface area contributed by atoms with Crippen LogP contribution in [0.2, 0.25) is 0 Å². The standard InChI is InChI=1S/C13H13FN2OS/c1-9-15-12(8-18-9)5-6-13(17)16-11-4-2-3-10(14)7-11/h2-4,7-8H,5-6H2,1H3,(H,16,17). The van der Waals surface area contributed by atoms with Crippen LogP contribution in [0.5, 0.6) is 0 Å². The van der Waals surface area contributed by atoms with Crippen molar-refractivity contribution < 1.29 is 9.18 Å². The number of halogens is 1. The highest BCUT2D eigenvalue weighted by Gasteiger charge is 2.05. The molecule has 0 fully saturated rings. The molecule has 3 nitrogen and oxygen atoms in total. The highest BCUT2D eigenvalue weighted by Crippen LogP contribution is 2.12. The van der Waals surface area contributed by atoms with E-state index in [0.717, 1.165) is 10.7 Å². The number of carbonyl (C=O) groups is 1. The Morgan fingerprint density at radius 1 is 1.50 bits per heavy atom. The van der Waals surface area contributed by atoms with E-state index < -0.39 is 0 Å². The number of aryl methyl sites for hydroxylation is 2. The molecule has 0 saturated heterocycles. The van der Waals surface area contributed by atoms with Crippen molar-refractivity contribution in [3.63, 3.8) is 0 Å². The van der Waals surface area contributed by atoms with Gasteiger partial charge in [0, 0.05) is 17.5 Å². The summed E-state index contributed by atoms with van der Waals surface area (Å²) >= 11 is 1.57. The summed E-state index contributed by atoms with van der Waals surface area (Å²) in [6.07, 6.45) is 0.950. The minimum absolute atomic E-state index is 0.133. The first-order chi connectivity index (χ1) is 8.63. The quantitative estimate of drug-likeness (QED) is 0.921. The van der Waals surface area contributed by atoms with E-state index in [1.165, 1.54) is 12.1 Å². The third-order valence-corrected chi connectivity index (χ3v) is 3.21. The van der Waals surface area contributed by atoms with Crippen LogP contribution in [0.25, 0.3) is 0 Å². The predicted octanol–water partition coefficient (Wildman–Crippen LogP) is 3.16. The first-order valence-corrected chi connectivity index (χ1v) is 6.48. The summed E-state index contributed by atoms with van der Waals surface area (Å²) in [6.45, 7) is 1.93. The topological polar surface area (TPSA) is 42.0 Å². The van der Waals surface area contributed by atoms with E-state index in [4.69, 9.17) is 0 Å². The van der Waals surface area contributed by atoms with Gasteiger partial charge in [-0.1, -0.05) is 6.07 Å². The van der Waals surface area contributed by atoms with Gasteiger partial charge in [-0.15, -0.1) is 11.3 Å². The van der Waals surface area contributed by atoms with Gasteiger partial charge in [0.1, 0.15) is 5.82 Å². The van der Waals surface area contributed by atoms with E-state index in [9.17, 15) is 9.18 Å². The summed E-state index contributed by atoms with van der Waals surface area (Å²) in [5.74, 6) is -0.492. The van der Waals surface area contributed by atoms with Gasteiger partial charge in [-0.25, -0.2) is 9.37 Å². The molecule has 18 heavy (non-hydrogen) atoms. The molecule has 5 heteroatoms. The monoisotopic (exact) mass is 264 g/mol. The molecule has 0 aliphatic rings. The Balaban J connectivity index is 1.85. The van der Waals surface area contributed by atoms with Crippen LogP contribution in [0, 0.1) is 12.7 Å². The average Bonchev–Trinajstić information content (AvgIpc) is 2.73. The zero-order chi connectivity index (χ0) is 13.0. The molecular formula is C13H13FN2OS. The number of thiazole rings is 1. The Kier molecular flexibility index (Phi) is 4.04. The number of amides is 1. The molecule has 1 aromatic heterocycles. The van der Waals surface area contributed by atoms with Crippen molar-refractivity contribution >= 4 is 22.9 Å². The molecule has 0 spiro atoms. The maximum Gasteiger partial charge on any atom is 0.224 e. The minimum Gasteiger partial charge on any atom is -0.326 e. The minimum atomic E-state index is -0.358. The molecule has 0 radical (unpaired) electrons. The first kappa shape index (κ1) is 12.7. The molecule has 0 saturated carbocycles. The lowest BCUT2D eigenvalue weighted by atomic mass is 10.2. The van der Waals surface area contributed by atoms with Crippen molar-refractivity contribution in [3.05, 3.63) is 46.2 Å². The van der Waals surface area contributed by atoms with Crippen LogP contribution in [-0.2, 0) is 11.2 Å². The van der Waals surface area contributed by atoms with Crippen LogP contribution in [0.1, 0.15) is 17.1 Å². The summed E-state index contributed by atoms with van der Waals surface area (Å²) in [4.78, 5) is 15.9. The highest BCUT2D eigenvalue weighted by molar-refractivity contribution is 7.09. The molecule has 1 N–H and O–H groups in total. The fourth-order valence-corrected chi connectivity index (χ4v) is 2.20. The van der Waals surface area contributed by atoms with Crippen molar-refractivity contribution in [1.29, 1.82) is 0 Å². The summed E-state index contributed by atoms with van der Waals surface area (Å²) in [7, 11) is 0. The normalized spacial score (nSPS) is 10.3. The number of hydrogen-bond acceptors (Lipinski definition) is 3. The predicted molar refractivity (Wildman–Crippen MR) is 70.2 cm³/mol. The van der Waals surface area contributed by atoms with Crippen LogP contribution in [-0.4, -0.2) is 10.9 Å². The zero-order valence-corrected chi connectivity index (χ0v) is 10.8. The molecule has 2 rings (SSSR count). The van der Waals surface area contributed by atoms with Crippen LogP contribution in [0.15, 0.2) is 29.6 Å². The lowest BCUT2D eigenvalue weighted by molar-refractivity contribution is -0.116. The number of aromatic nitrogens is 1. The smallest absolute Gasteiger partial charge is 0.224 e. The van der Waals surface area contributed by atoms with Gasteiger partial charge in [0.05, 0.1) is 10.7 Å². The molecule has 1 amide bonds. The fourth-order valence-electron chi connectivity index (χ4n) is 1.55. The van der Waals surface area contributed by atoms with Crippen LogP contribution in [0.3, 0.4) is 0 Å². The van der Waals surface area contributed by atoms with E-state index in [-0.39, 0.29) is 11.7 Å². The number of benzene rings is 1. The van der Waals surface area contributed by atoms with Crippen LogP contribution < -0.4 is 5.32 Å². The van der Waals surface area contributed by atoms with E-state index in [1.54, 1.807) is 23.5 Å². The molecule has 0 unspecified atom stereocenters. The van der Waals surface area contributed by atoms with Gasteiger partial charge in [0.25, 0.3) is 0 Å². The van der Waals surface area contributed by atoms with Crippen molar-refractivity contribution in [2.75, 3.05) is 5.32 Å². The number of rotatable bonds is 4. The van der Waals surface area contributed by atoms with Gasteiger partial charge in [-0.3, -0.25) is 4.79 Å². The maximum absolute atomic E-state index is 12.9. The number of anilines is 1. The maximum atomic E-state index is 12.9. The summed E-state index contributed by atoms with van der Waals surface area (Å²) in [5, 5.41) is 5.60. The lowest BCUT2D eigenvalue weighted by Gasteiger charge is -2.04. The Labute approximate surface area is 109 Å². The molecule has 1 heterocycles. The van der Waals surface area contributed by atoms with Gasteiger partial charge in [-0.2, -0.15) is 0 Å². The van der Waals surface area contributed by atoms with Crippen molar-refractivity contribution in [3.8, 4) is 0 Å². The molecule has 1 aromatic carbocycles. The molecule has 0 atom stereocenters. The average molecular weight is 264 g/mol. The van der Waals surface area contributed by atoms with Gasteiger partial charge < -0.3 is 5.32 Å². The molecular weight excluding hydrogens is 251 g/mol. The highest BCUT2D eigenvalue weighted by atomic mass is 32.1. The number of nitrogens with zero attached hydrogens (tertiary/aromatic N) is 1. The third-order valence-electron chi connectivity index (χ3n) is 2.38. The van der Waals surface area contributed by atoms with Crippen molar-refractivity contribution in [1.82, 2.24) is 4.98 Å². The van der Waals surface area contributed by atoms with E-state index in [0.29, 0.717) is 18.5 Å². The SMILES string of the molecule is Cc1nc(CCC(=O)Nc2cccc(F)c2)cs1. The number of carbonyl (C=O) groups excluding carboxylic acids is 1. The Morgan fingerprint density at radius 3 is 3.00 bits per heavy atom. The van der Waals surface area contributed by atoms with E-state index in [1.807, 2.05) is 12.3 Å². The van der Waals surface area contributed by atoms with Crippen molar-refractivity contribution in [2.24, 2.45) is 0 Å². The second kappa shape index (κ2) is 5.73. The first-order valence-electron chi connectivity index (χ1n) is 5.60. The van der Waals surface area contributed by atoms with Gasteiger partial charge >= 0.3 is 0 Å². The molecule has 0 aliphatic carbocycles. The number of nitrogens with one attached hydrogen (secondary N) is 1. The zero-order valence-electron chi connectivity index (χ0n) is 9.94. The largest absolute Gasteiger partial charge is 0.326 e. The summed E-state index contributed by atoms with van der Waals surface area (Å²) < 4.78 is 12.9. The van der Waals surface area contributed by atoms with Crippen molar-refractivity contribution in [2.45, 2.75) is 19.8 Å². The Bertz CT molecular complexity index is 553. The van der Waals surface area contributed by atoms with Gasteiger partial charge in [-0.05, 0) is 31.5 Å². The third kappa shape index (κ3) is 3.63. The fraction of sp³-hybridized carbons (Fsp3) is 0.231. The van der Waals surface area contributed by atoms with E-state index >= 15 is 0 Å². The molecule has 2 aromatic rings. The second-order valence-corrected chi connectivity index (χ2v) is 4.98. The van der Waals surface area contributed by atoms with Gasteiger partial charge in [0.2, 0.25) is 5.91 Å². The van der Waals surface area contributed by atoms with Crippen LogP contribution in [0.4, 0.5) is 10.1 Å². The summed E-state index contributed by atoms with van der Waals surface area (Å²) in [5.41, 5.74) is 1.40. The number of hydrogen-bond donors (Lipinski definition) is 1. The Morgan fingerprint density at radius 2 is 2.33 bits per heavy atom. The lowest BCUT2D eigenvalue weighted by Crippen LogP contribution is -2.12. The van der Waals surface area contributed by atoms with Gasteiger partial charge in [0.15, 0.2) is 0 Å². The molecule has 94 valence electrons. The Hall–Kier alpha value is -1.75. The van der Waals surface area contributed by atoms with Crippen LogP contribution >= 0.6 is 11.3 Å². The molecule has 0 aliphatic heterocycles. The summed E-state index contributed by atoms with van der Waals surface area (Å²) in [6, 6.07) is 5.86. The van der Waals surface area contributed by atoms with E-state index in [2.05, 4.69) is 10.3 Å².